The fourth-order valence-electron chi connectivity index (χ4n) is 1.90. The van der Waals surface area contributed by atoms with Crippen LogP contribution in [0.15, 0.2) is 15.9 Å². The molecule has 0 saturated heterocycles. The lowest BCUT2D eigenvalue weighted by Gasteiger charge is -2.28. The summed E-state index contributed by atoms with van der Waals surface area (Å²) in [4.78, 5) is 15.1. The number of thiophene rings is 1. The molecule has 1 aromatic rings. The highest BCUT2D eigenvalue weighted by atomic mass is 79.9. The fourth-order valence-corrected chi connectivity index (χ4v) is 3.43. The smallest absolute Gasteiger partial charge is 0.222 e. The Morgan fingerprint density at radius 2 is 2.16 bits per heavy atom. The van der Waals surface area contributed by atoms with Crippen molar-refractivity contribution >= 4 is 33.2 Å². The standard InChI is InChI=1S/C14H22BrNO2S/c1-4-16(10-14(2,3)18)13(17)7-5-6-11-8-9-12(15)19-11/h8-9,18H,4-7,10H2,1-3H3. The number of nitrogens with zero attached hydrogens (tertiary/aromatic N) is 1. The molecule has 0 saturated carbocycles. The lowest BCUT2D eigenvalue weighted by Crippen LogP contribution is -2.42. The fraction of sp³-hybridized carbons (Fsp3) is 0.643. The van der Waals surface area contributed by atoms with Gasteiger partial charge in [0.2, 0.25) is 5.91 Å². The number of carbonyl (C=O) groups excluding carboxylic acids is 1. The molecule has 0 aliphatic carbocycles. The number of hydrogen-bond acceptors (Lipinski definition) is 3. The van der Waals surface area contributed by atoms with Crippen molar-refractivity contribution in [3.05, 3.63) is 20.8 Å². The molecule has 0 aromatic carbocycles. The van der Waals surface area contributed by atoms with E-state index in [4.69, 9.17) is 0 Å². The SMILES string of the molecule is CCN(CC(C)(C)O)C(=O)CCCc1ccc(Br)s1. The van der Waals surface area contributed by atoms with E-state index < -0.39 is 5.60 Å². The van der Waals surface area contributed by atoms with Crippen molar-refractivity contribution in [1.29, 1.82) is 0 Å². The van der Waals surface area contributed by atoms with Gasteiger partial charge < -0.3 is 10.0 Å². The first-order chi connectivity index (χ1) is 8.81. The highest BCUT2D eigenvalue weighted by Crippen LogP contribution is 2.23. The van der Waals surface area contributed by atoms with Crippen molar-refractivity contribution in [1.82, 2.24) is 4.90 Å². The minimum atomic E-state index is -0.829. The first-order valence-corrected chi connectivity index (χ1v) is 8.17. The highest BCUT2D eigenvalue weighted by Gasteiger charge is 2.20. The lowest BCUT2D eigenvalue weighted by molar-refractivity contribution is -0.134. The van der Waals surface area contributed by atoms with Gasteiger partial charge in [0.1, 0.15) is 0 Å². The molecule has 0 atom stereocenters. The van der Waals surface area contributed by atoms with Gasteiger partial charge in [0.15, 0.2) is 0 Å². The van der Waals surface area contributed by atoms with Crippen molar-refractivity contribution < 1.29 is 9.90 Å². The molecule has 5 heteroatoms. The third-order valence-electron chi connectivity index (χ3n) is 2.75. The molecule has 19 heavy (non-hydrogen) atoms. The molecule has 3 nitrogen and oxygen atoms in total. The van der Waals surface area contributed by atoms with E-state index in [2.05, 4.69) is 22.0 Å². The Balaban J connectivity index is 2.36. The molecule has 0 bridgehead atoms. The summed E-state index contributed by atoms with van der Waals surface area (Å²) < 4.78 is 1.13. The molecular formula is C14H22BrNO2S. The summed E-state index contributed by atoms with van der Waals surface area (Å²) in [6.45, 7) is 6.44. The van der Waals surface area contributed by atoms with E-state index in [9.17, 15) is 9.90 Å². The molecule has 108 valence electrons. The van der Waals surface area contributed by atoms with Gasteiger partial charge in [-0.2, -0.15) is 0 Å². The molecule has 1 N–H and O–H groups in total. The largest absolute Gasteiger partial charge is 0.389 e. The van der Waals surface area contributed by atoms with Crippen LogP contribution >= 0.6 is 27.3 Å². The zero-order valence-electron chi connectivity index (χ0n) is 11.8. The van der Waals surface area contributed by atoms with Crippen molar-refractivity contribution in [2.45, 2.75) is 45.6 Å². The Hall–Kier alpha value is -0.390. The third kappa shape index (κ3) is 6.54. The van der Waals surface area contributed by atoms with Gasteiger partial charge in [0.25, 0.3) is 0 Å². The highest BCUT2D eigenvalue weighted by molar-refractivity contribution is 9.11. The van der Waals surface area contributed by atoms with Crippen LogP contribution < -0.4 is 0 Å². The maximum absolute atomic E-state index is 12.1. The first kappa shape index (κ1) is 16.7. The van der Waals surface area contributed by atoms with Gasteiger partial charge in [-0.05, 0) is 61.7 Å². The average Bonchev–Trinajstić information content (AvgIpc) is 2.70. The second-order valence-corrected chi connectivity index (χ2v) is 7.83. The number of hydrogen-bond donors (Lipinski definition) is 1. The van der Waals surface area contributed by atoms with Gasteiger partial charge in [0.05, 0.1) is 9.39 Å². The zero-order chi connectivity index (χ0) is 14.5. The van der Waals surface area contributed by atoms with Gasteiger partial charge in [-0.3, -0.25) is 4.79 Å². The summed E-state index contributed by atoms with van der Waals surface area (Å²) >= 11 is 5.15. The monoisotopic (exact) mass is 347 g/mol. The molecule has 1 heterocycles. The number of rotatable bonds is 7. The van der Waals surface area contributed by atoms with E-state index >= 15 is 0 Å². The molecule has 0 aliphatic rings. The summed E-state index contributed by atoms with van der Waals surface area (Å²) in [5.41, 5.74) is -0.829. The van der Waals surface area contributed by atoms with Crippen LogP contribution in [0.25, 0.3) is 0 Å². The molecular weight excluding hydrogens is 326 g/mol. The summed E-state index contributed by atoms with van der Waals surface area (Å²) in [7, 11) is 0. The predicted octanol–water partition coefficient (Wildman–Crippen LogP) is 3.45. The van der Waals surface area contributed by atoms with Gasteiger partial charge in [-0.25, -0.2) is 0 Å². The predicted molar refractivity (Wildman–Crippen MR) is 83.5 cm³/mol. The second-order valence-electron chi connectivity index (χ2n) is 5.28. The number of likely N-dealkylation sites (N-methyl/N-ethyl adjacent to an activating group) is 1. The molecule has 0 spiro atoms. The topological polar surface area (TPSA) is 40.5 Å². The number of carbonyl (C=O) groups is 1. The molecule has 0 unspecified atom stereocenters. The summed E-state index contributed by atoms with van der Waals surface area (Å²) in [6.07, 6.45) is 2.33. The first-order valence-electron chi connectivity index (χ1n) is 6.56. The van der Waals surface area contributed by atoms with Crippen molar-refractivity contribution in [2.24, 2.45) is 0 Å². The maximum atomic E-state index is 12.1. The minimum Gasteiger partial charge on any atom is -0.389 e. The van der Waals surface area contributed by atoms with Crippen LogP contribution in [0.3, 0.4) is 0 Å². The van der Waals surface area contributed by atoms with Crippen LogP contribution in [0.5, 0.6) is 0 Å². The quantitative estimate of drug-likeness (QED) is 0.820. The number of aryl methyl sites for hydroxylation is 1. The average molecular weight is 348 g/mol. The molecule has 0 aliphatic heterocycles. The maximum Gasteiger partial charge on any atom is 0.222 e. The normalized spacial score (nSPS) is 11.6. The van der Waals surface area contributed by atoms with E-state index in [1.54, 1.807) is 30.1 Å². The Morgan fingerprint density at radius 1 is 1.47 bits per heavy atom. The molecule has 1 aromatic heterocycles. The minimum absolute atomic E-state index is 0.125. The van der Waals surface area contributed by atoms with Crippen LogP contribution in [0.2, 0.25) is 0 Å². The Labute approximate surface area is 127 Å². The van der Waals surface area contributed by atoms with Gasteiger partial charge in [-0.1, -0.05) is 0 Å². The van der Waals surface area contributed by atoms with Crippen LogP contribution in [0.1, 0.15) is 38.5 Å². The van der Waals surface area contributed by atoms with E-state index in [-0.39, 0.29) is 5.91 Å². The second kappa shape index (κ2) is 7.41. The van der Waals surface area contributed by atoms with Gasteiger partial charge in [0, 0.05) is 24.4 Å². The van der Waals surface area contributed by atoms with E-state index in [1.165, 1.54) is 4.88 Å². The summed E-state index contributed by atoms with van der Waals surface area (Å²) in [5.74, 6) is 0.125. The summed E-state index contributed by atoms with van der Waals surface area (Å²) in [5, 5.41) is 9.78. The van der Waals surface area contributed by atoms with Crippen LogP contribution in [-0.2, 0) is 11.2 Å². The molecule has 1 rings (SSSR count). The van der Waals surface area contributed by atoms with E-state index in [0.29, 0.717) is 19.5 Å². The zero-order valence-corrected chi connectivity index (χ0v) is 14.2. The number of halogens is 1. The Kier molecular flexibility index (Phi) is 6.50. The lowest BCUT2D eigenvalue weighted by atomic mass is 10.1. The molecule has 0 radical (unpaired) electrons. The third-order valence-corrected chi connectivity index (χ3v) is 4.44. The van der Waals surface area contributed by atoms with Crippen LogP contribution in [0.4, 0.5) is 0 Å². The molecule has 1 amide bonds. The van der Waals surface area contributed by atoms with Crippen molar-refractivity contribution in [3.8, 4) is 0 Å². The van der Waals surface area contributed by atoms with Crippen LogP contribution in [0, 0.1) is 0 Å². The van der Waals surface area contributed by atoms with E-state index in [1.807, 2.05) is 13.0 Å². The molecule has 0 fully saturated rings. The van der Waals surface area contributed by atoms with Crippen molar-refractivity contribution in [3.63, 3.8) is 0 Å². The van der Waals surface area contributed by atoms with Crippen LogP contribution in [-0.4, -0.2) is 34.6 Å². The van der Waals surface area contributed by atoms with Crippen molar-refractivity contribution in [2.75, 3.05) is 13.1 Å². The van der Waals surface area contributed by atoms with Gasteiger partial charge in [-0.15, -0.1) is 11.3 Å². The number of amides is 1. The Morgan fingerprint density at radius 3 is 2.63 bits per heavy atom. The summed E-state index contributed by atoms with van der Waals surface area (Å²) in [6, 6.07) is 4.13. The van der Waals surface area contributed by atoms with Gasteiger partial charge >= 0.3 is 0 Å². The Bertz CT molecular complexity index is 412. The van der Waals surface area contributed by atoms with E-state index in [0.717, 1.165) is 16.6 Å². The number of aliphatic hydroxyl groups is 1.